The predicted molar refractivity (Wildman–Crippen MR) is 91.2 cm³/mol. The molecule has 3 aromatic rings. The second kappa shape index (κ2) is 7.12. The van der Waals surface area contributed by atoms with E-state index in [0.29, 0.717) is 11.3 Å². The molecule has 0 saturated carbocycles. The second-order valence-electron chi connectivity index (χ2n) is 5.32. The Kier molecular flexibility index (Phi) is 4.74. The smallest absolute Gasteiger partial charge is 0.387 e. The molecule has 0 unspecified atom stereocenters. The van der Waals surface area contributed by atoms with Crippen LogP contribution < -0.4 is 10.2 Å². The molecule has 0 aliphatic rings. The van der Waals surface area contributed by atoms with Crippen LogP contribution in [0.15, 0.2) is 53.6 Å². The van der Waals surface area contributed by atoms with Gasteiger partial charge in [0.2, 0.25) is 0 Å². The first-order valence-corrected chi connectivity index (χ1v) is 7.50. The van der Waals surface area contributed by atoms with Crippen molar-refractivity contribution in [2.24, 2.45) is 5.10 Å². The molecule has 25 heavy (non-hydrogen) atoms. The maximum Gasteiger partial charge on any atom is 0.387 e. The number of aryl methyl sites for hydroxylation is 1. The van der Waals surface area contributed by atoms with Crippen molar-refractivity contribution >= 4 is 23.0 Å². The van der Waals surface area contributed by atoms with Crippen LogP contribution in [-0.4, -0.2) is 23.7 Å². The van der Waals surface area contributed by atoms with Gasteiger partial charge in [-0.1, -0.05) is 18.2 Å². The number of aromatic amines is 1. The molecule has 2 aromatic carbocycles. The average Bonchev–Trinajstić information content (AvgIpc) is 2.93. The maximum atomic E-state index is 12.2. The monoisotopic (exact) mass is 343 g/mol. The van der Waals surface area contributed by atoms with Gasteiger partial charge in [-0.3, -0.25) is 4.79 Å². The lowest BCUT2D eigenvalue weighted by atomic mass is 10.1. The van der Waals surface area contributed by atoms with Gasteiger partial charge in [0.25, 0.3) is 5.91 Å². The number of rotatable bonds is 5. The molecule has 0 aliphatic heterocycles. The van der Waals surface area contributed by atoms with Crippen molar-refractivity contribution in [3.8, 4) is 5.75 Å². The fraction of sp³-hybridized carbons (Fsp3) is 0.111. The summed E-state index contributed by atoms with van der Waals surface area (Å²) in [4.78, 5) is 15.3. The van der Waals surface area contributed by atoms with Gasteiger partial charge in [0.15, 0.2) is 0 Å². The van der Waals surface area contributed by atoms with Crippen LogP contribution in [0.4, 0.5) is 8.78 Å². The number of nitrogens with zero attached hydrogens (tertiary/aromatic N) is 1. The molecule has 128 valence electrons. The minimum atomic E-state index is -2.86. The standard InChI is InChI=1S/C18H15F2N3O2/c1-11-14-4-2-3-5-15(14)22-16(11)17(24)23-21-10-12-6-8-13(9-7-12)25-18(19)20/h2-10,18,22H,1H3,(H,23,24)/b21-10+. The Balaban J connectivity index is 1.67. The molecule has 1 amide bonds. The number of hydrogen-bond acceptors (Lipinski definition) is 3. The minimum Gasteiger partial charge on any atom is -0.435 e. The number of aromatic nitrogens is 1. The zero-order valence-corrected chi connectivity index (χ0v) is 13.3. The number of carbonyl (C=O) groups excluding carboxylic acids is 1. The van der Waals surface area contributed by atoms with Crippen LogP contribution in [0.25, 0.3) is 10.9 Å². The summed E-state index contributed by atoms with van der Waals surface area (Å²) >= 11 is 0. The highest BCUT2D eigenvalue weighted by molar-refractivity contribution is 6.01. The summed E-state index contributed by atoms with van der Waals surface area (Å²) in [5.41, 5.74) is 5.24. The van der Waals surface area contributed by atoms with Gasteiger partial charge in [-0.2, -0.15) is 13.9 Å². The number of fused-ring (bicyclic) bond motifs is 1. The van der Waals surface area contributed by atoms with Crippen molar-refractivity contribution in [2.45, 2.75) is 13.5 Å². The van der Waals surface area contributed by atoms with Crippen molar-refractivity contribution in [1.29, 1.82) is 0 Å². The van der Waals surface area contributed by atoms with Crippen molar-refractivity contribution in [3.63, 3.8) is 0 Å². The van der Waals surface area contributed by atoms with E-state index in [-0.39, 0.29) is 11.7 Å². The van der Waals surface area contributed by atoms with E-state index in [2.05, 4.69) is 20.2 Å². The molecule has 0 fully saturated rings. The largest absolute Gasteiger partial charge is 0.435 e. The van der Waals surface area contributed by atoms with E-state index < -0.39 is 6.61 Å². The SMILES string of the molecule is Cc1c(C(=O)N/N=C/c2ccc(OC(F)F)cc2)[nH]c2ccccc12. The number of hydrogen-bond donors (Lipinski definition) is 2. The normalized spacial score (nSPS) is 11.4. The lowest BCUT2D eigenvalue weighted by molar-refractivity contribution is -0.0498. The number of hydrazone groups is 1. The van der Waals surface area contributed by atoms with E-state index in [0.717, 1.165) is 16.5 Å². The molecule has 0 spiro atoms. The summed E-state index contributed by atoms with van der Waals surface area (Å²) in [7, 11) is 0. The molecule has 7 heteroatoms. The molecular weight excluding hydrogens is 328 g/mol. The molecule has 3 rings (SSSR count). The van der Waals surface area contributed by atoms with E-state index >= 15 is 0 Å². The maximum absolute atomic E-state index is 12.2. The predicted octanol–water partition coefficient (Wildman–Crippen LogP) is 3.84. The van der Waals surface area contributed by atoms with E-state index in [4.69, 9.17) is 0 Å². The summed E-state index contributed by atoms with van der Waals surface area (Å²) in [5.74, 6) is -0.299. The minimum absolute atomic E-state index is 0.0601. The first-order valence-electron chi connectivity index (χ1n) is 7.50. The molecular formula is C18H15F2N3O2. The van der Waals surface area contributed by atoms with Crippen LogP contribution in [0.5, 0.6) is 5.75 Å². The Hall–Kier alpha value is -3.22. The van der Waals surface area contributed by atoms with Crippen molar-refractivity contribution < 1.29 is 18.3 Å². The Labute approximate surface area is 142 Å². The number of benzene rings is 2. The summed E-state index contributed by atoms with van der Waals surface area (Å²) < 4.78 is 28.4. The fourth-order valence-corrected chi connectivity index (χ4v) is 2.47. The van der Waals surface area contributed by atoms with Gasteiger partial charge < -0.3 is 9.72 Å². The lowest BCUT2D eigenvalue weighted by Gasteiger charge is -2.03. The second-order valence-corrected chi connectivity index (χ2v) is 5.32. The van der Waals surface area contributed by atoms with Gasteiger partial charge in [-0.05, 0) is 48.4 Å². The van der Waals surface area contributed by atoms with Crippen LogP contribution in [-0.2, 0) is 0 Å². The summed E-state index contributed by atoms with van der Waals surface area (Å²) in [6, 6.07) is 13.5. The number of halogens is 2. The molecule has 0 aliphatic carbocycles. The fourth-order valence-electron chi connectivity index (χ4n) is 2.47. The van der Waals surface area contributed by atoms with Gasteiger partial charge in [0.1, 0.15) is 11.4 Å². The van der Waals surface area contributed by atoms with Gasteiger partial charge in [-0.25, -0.2) is 5.43 Å². The zero-order valence-electron chi connectivity index (χ0n) is 13.3. The highest BCUT2D eigenvalue weighted by Crippen LogP contribution is 2.21. The van der Waals surface area contributed by atoms with E-state index in [1.54, 1.807) is 12.1 Å². The number of alkyl halides is 2. The Morgan fingerprint density at radius 1 is 1.20 bits per heavy atom. The van der Waals surface area contributed by atoms with Crippen LogP contribution >= 0.6 is 0 Å². The molecule has 2 N–H and O–H groups in total. The van der Waals surface area contributed by atoms with E-state index in [9.17, 15) is 13.6 Å². The lowest BCUT2D eigenvalue weighted by Crippen LogP contribution is -2.18. The molecule has 1 heterocycles. The number of carbonyl (C=O) groups is 1. The van der Waals surface area contributed by atoms with Crippen LogP contribution in [0.1, 0.15) is 21.6 Å². The van der Waals surface area contributed by atoms with Gasteiger partial charge >= 0.3 is 6.61 Å². The summed E-state index contributed by atoms with van der Waals surface area (Å²) in [6.45, 7) is -1.00. The third-order valence-corrected chi connectivity index (χ3v) is 3.68. The van der Waals surface area contributed by atoms with Gasteiger partial charge in [0, 0.05) is 10.9 Å². The van der Waals surface area contributed by atoms with Crippen molar-refractivity contribution in [3.05, 3.63) is 65.4 Å². The number of amides is 1. The van der Waals surface area contributed by atoms with Gasteiger partial charge in [0.05, 0.1) is 6.21 Å². The highest BCUT2D eigenvalue weighted by atomic mass is 19.3. The number of para-hydroxylation sites is 1. The van der Waals surface area contributed by atoms with Crippen molar-refractivity contribution in [1.82, 2.24) is 10.4 Å². The highest BCUT2D eigenvalue weighted by Gasteiger charge is 2.13. The van der Waals surface area contributed by atoms with E-state index in [1.165, 1.54) is 18.3 Å². The molecule has 0 radical (unpaired) electrons. The zero-order chi connectivity index (χ0) is 17.8. The molecule has 0 bridgehead atoms. The third-order valence-electron chi connectivity index (χ3n) is 3.68. The molecule has 0 saturated heterocycles. The summed E-state index contributed by atoms with van der Waals surface area (Å²) in [5, 5.41) is 4.86. The number of nitrogens with one attached hydrogen (secondary N) is 2. The Morgan fingerprint density at radius 3 is 2.60 bits per heavy atom. The van der Waals surface area contributed by atoms with Crippen LogP contribution in [0.3, 0.4) is 0 Å². The molecule has 5 nitrogen and oxygen atoms in total. The summed E-state index contributed by atoms with van der Waals surface area (Å²) in [6.07, 6.45) is 1.42. The number of H-pyrrole nitrogens is 1. The Bertz CT molecular complexity index is 918. The van der Waals surface area contributed by atoms with Crippen molar-refractivity contribution in [2.75, 3.05) is 0 Å². The third kappa shape index (κ3) is 3.82. The Morgan fingerprint density at radius 2 is 1.92 bits per heavy atom. The van der Waals surface area contributed by atoms with Gasteiger partial charge in [-0.15, -0.1) is 0 Å². The molecule has 0 atom stereocenters. The van der Waals surface area contributed by atoms with E-state index in [1.807, 2.05) is 31.2 Å². The first kappa shape index (κ1) is 16.6. The van der Waals surface area contributed by atoms with Crippen LogP contribution in [0.2, 0.25) is 0 Å². The average molecular weight is 343 g/mol. The molecule has 1 aromatic heterocycles. The quantitative estimate of drug-likeness (QED) is 0.546. The number of ether oxygens (including phenoxy) is 1. The first-order chi connectivity index (χ1) is 12.0. The topological polar surface area (TPSA) is 66.5 Å². The van der Waals surface area contributed by atoms with Crippen LogP contribution in [0, 0.1) is 6.92 Å².